The Hall–Kier alpha value is -3.87. The minimum Gasteiger partial charge on any atom is -0.391 e. The van der Waals surface area contributed by atoms with Gasteiger partial charge in [-0.25, -0.2) is 4.99 Å². The quantitative estimate of drug-likeness (QED) is 0.484. The van der Waals surface area contributed by atoms with Gasteiger partial charge in [0.05, 0.1) is 22.8 Å². The Labute approximate surface area is 214 Å². The summed E-state index contributed by atoms with van der Waals surface area (Å²) in [7, 11) is 5.95. The van der Waals surface area contributed by atoms with Crippen molar-refractivity contribution < 1.29 is 0 Å². The summed E-state index contributed by atoms with van der Waals surface area (Å²) in [5, 5.41) is 14.9. The number of hydrogen-bond acceptors (Lipinski definition) is 7. The molecular formula is C29H37N7. The molecule has 0 radical (unpaired) electrons. The van der Waals surface area contributed by atoms with Gasteiger partial charge in [0.2, 0.25) is 5.96 Å². The molecule has 0 unspecified atom stereocenters. The molecule has 3 N–H and O–H groups in total. The minimum atomic E-state index is 0.658. The molecule has 0 saturated heterocycles. The fourth-order valence-corrected chi connectivity index (χ4v) is 4.72. The van der Waals surface area contributed by atoms with Crippen LogP contribution in [0.15, 0.2) is 54.2 Å². The first-order chi connectivity index (χ1) is 17.3. The fourth-order valence-electron chi connectivity index (χ4n) is 4.72. The van der Waals surface area contributed by atoms with Crippen molar-refractivity contribution in [3.63, 3.8) is 0 Å². The van der Waals surface area contributed by atoms with Gasteiger partial charge in [0.15, 0.2) is 0 Å². The van der Waals surface area contributed by atoms with Gasteiger partial charge >= 0.3 is 0 Å². The highest BCUT2D eigenvalue weighted by molar-refractivity contribution is 6.16. The standard InChI is InChI=1S/C29H37N7/c1-19-15-23-16-27(32-19)24(18-30)25(31-4)11-9-7-8-10-14-36-28-17-22(21(3)35(5)6)12-13-26(28)34-29(36)33-20(23)2/h12-13,15-18,30-31H,2-3,7-11,14H2,1,4-6H3,(H,33,34)/b25-24+,30-18?. The number of hydrogen-bond donors (Lipinski definition) is 3. The largest absolute Gasteiger partial charge is 0.391 e. The molecule has 1 aromatic carbocycles. The second-order valence-corrected chi connectivity index (χ2v) is 9.57. The molecule has 0 spiro atoms. The highest BCUT2D eigenvalue weighted by Gasteiger charge is 2.26. The van der Waals surface area contributed by atoms with E-state index in [0.29, 0.717) is 5.70 Å². The van der Waals surface area contributed by atoms with Gasteiger partial charge in [-0.05, 0) is 56.0 Å². The topological polar surface area (TPSA) is 79.6 Å². The first-order valence-corrected chi connectivity index (χ1v) is 12.6. The van der Waals surface area contributed by atoms with Crippen LogP contribution in [0.1, 0.15) is 54.6 Å². The van der Waals surface area contributed by atoms with Gasteiger partial charge in [-0.1, -0.05) is 32.1 Å². The SMILES string of the molecule is C=C1/N=C2\Nc3ccc(C(=C)N(C)C)cc3N2CCCCCC/C(NC)=C(/C=N)c2cc1cc(C)n2. The van der Waals surface area contributed by atoms with Crippen molar-refractivity contribution >= 4 is 40.5 Å². The second-order valence-electron chi connectivity index (χ2n) is 9.57. The zero-order valence-corrected chi connectivity index (χ0v) is 21.9. The number of guanidine groups is 1. The predicted molar refractivity (Wildman–Crippen MR) is 153 cm³/mol. The number of aliphatic imine (C=N–C) groups is 1. The van der Waals surface area contributed by atoms with Crippen LogP contribution in [0.3, 0.4) is 0 Å². The number of nitrogens with zero attached hydrogens (tertiary/aromatic N) is 4. The van der Waals surface area contributed by atoms with Crippen molar-refractivity contribution in [3.8, 4) is 0 Å². The molecule has 0 aliphatic carbocycles. The molecule has 2 bridgehead atoms. The maximum Gasteiger partial charge on any atom is 0.208 e. The molecule has 4 rings (SSSR count). The lowest BCUT2D eigenvalue weighted by molar-refractivity contribution is 0.593. The molecule has 0 atom stereocenters. The normalized spacial score (nSPS) is 19.6. The molecule has 2 aliphatic rings. The van der Waals surface area contributed by atoms with Crippen molar-refractivity contribution in [3.05, 3.63) is 71.7 Å². The van der Waals surface area contributed by atoms with Crippen LogP contribution >= 0.6 is 0 Å². The Morgan fingerprint density at radius 3 is 2.67 bits per heavy atom. The average Bonchev–Trinajstić information content (AvgIpc) is 3.19. The molecule has 7 nitrogen and oxygen atoms in total. The van der Waals surface area contributed by atoms with Crippen LogP contribution in [0, 0.1) is 12.3 Å². The Morgan fingerprint density at radius 1 is 1.17 bits per heavy atom. The zero-order valence-electron chi connectivity index (χ0n) is 21.9. The van der Waals surface area contributed by atoms with Gasteiger partial charge in [-0.2, -0.15) is 0 Å². The zero-order chi connectivity index (χ0) is 25.8. The number of allylic oxidation sites excluding steroid dienone is 2. The number of aryl methyl sites for hydroxylation is 1. The summed E-state index contributed by atoms with van der Waals surface area (Å²) in [4.78, 5) is 14.0. The predicted octanol–water partition coefficient (Wildman–Crippen LogP) is 5.73. The van der Waals surface area contributed by atoms with Crippen LogP contribution in [0.5, 0.6) is 0 Å². The first kappa shape index (κ1) is 25.2. The van der Waals surface area contributed by atoms with Gasteiger partial charge in [0, 0.05) is 62.1 Å². The van der Waals surface area contributed by atoms with Gasteiger partial charge in [-0.3, -0.25) is 4.98 Å². The molecule has 2 aliphatic heterocycles. The van der Waals surface area contributed by atoms with E-state index in [-0.39, 0.29) is 0 Å². The van der Waals surface area contributed by atoms with Crippen molar-refractivity contribution in [2.45, 2.75) is 39.0 Å². The number of benzene rings is 1. The van der Waals surface area contributed by atoms with E-state index in [1.807, 2.05) is 45.1 Å². The fraction of sp³-hybridized carbons (Fsp3) is 0.345. The molecule has 36 heavy (non-hydrogen) atoms. The van der Waals surface area contributed by atoms with E-state index in [1.54, 1.807) is 0 Å². The van der Waals surface area contributed by atoms with Crippen LogP contribution in [-0.2, 0) is 0 Å². The van der Waals surface area contributed by atoms with Crippen LogP contribution in [0.25, 0.3) is 17.0 Å². The van der Waals surface area contributed by atoms with Crippen molar-refractivity contribution in [1.29, 1.82) is 5.41 Å². The summed E-state index contributed by atoms with van der Waals surface area (Å²) in [6.07, 6.45) is 6.64. The van der Waals surface area contributed by atoms with Crippen molar-refractivity contribution in [2.75, 3.05) is 37.9 Å². The van der Waals surface area contributed by atoms with Crippen LogP contribution in [-0.4, -0.2) is 49.7 Å². The number of nitrogens with one attached hydrogen (secondary N) is 3. The van der Waals surface area contributed by atoms with E-state index in [0.717, 1.165) is 95.5 Å². The Kier molecular flexibility index (Phi) is 7.58. The van der Waals surface area contributed by atoms with E-state index in [1.165, 1.54) is 6.21 Å². The summed E-state index contributed by atoms with van der Waals surface area (Å²) in [6.45, 7) is 11.4. The molecule has 1 aromatic heterocycles. The summed E-state index contributed by atoms with van der Waals surface area (Å²) in [5.74, 6) is 0.784. The summed E-state index contributed by atoms with van der Waals surface area (Å²) >= 11 is 0. The maximum absolute atomic E-state index is 8.09. The molecule has 0 saturated carbocycles. The van der Waals surface area contributed by atoms with E-state index in [9.17, 15) is 0 Å². The molecule has 188 valence electrons. The molecular weight excluding hydrogens is 446 g/mol. The van der Waals surface area contributed by atoms with Crippen LogP contribution in [0.2, 0.25) is 0 Å². The third-order valence-electron chi connectivity index (χ3n) is 6.80. The molecule has 7 heteroatoms. The third kappa shape index (κ3) is 5.20. The van der Waals surface area contributed by atoms with E-state index >= 15 is 0 Å². The second kappa shape index (κ2) is 10.8. The van der Waals surface area contributed by atoms with E-state index < -0.39 is 0 Å². The first-order valence-electron chi connectivity index (χ1n) is 12.6. The smallest absolute Gasteiger partial charge is 0.208 e. The average molecular weight is 484 g/mol. The van der Waals surface area contributed by atoms with Gasteiger partial charge in [0.25, 0.3) is 0 Å². The Balaban J connectivity index is 1.77. The highest BCUT2D eigenvalue weighted by Crippen LogP contribution is 2.36. The molecule has 3 heterocycles. The monoisotopic (exact) mass is 483 g/mol. The number of anilines is 2. The number of aromatic nitrogens is 1. The van der Waals surface area contributed by atoms with Gasteiger partial charge in [0.1, 0.15) is 0 Å². The van der Waals surface area contributed by atoms with Crippen molar-refractivity contribution in [2.24, 2.45) is 4.99 Å². The van der Waals surface area contributed by atoms with E-state index in [4.69, 9.17) is 15.4 Å². The summed E-state index contributed by atoms with van der Waals surface area (Å²) < 4.78 is 0. The lowest BCUT2D eigenvalue weighted by Gasteiger charge is -2.21. The lowest BCUT2D eigenvalue weighted by atomic mass is 10.0. The Morgan fingerprint density at radius 2 is 1.94 bits per heavy atom. The maximum atomic E-state index is 8.09. The van der Waals surface area contributed by atoms with Crippen LogP contribution in [0.4, 0.5) is 11.4 Å². The number of pyridine rings is 1. The van der Waals surface area contributed by atoms with Gasteiger partial charge < -0.3 is 25.8 Å². The minimum absolute atomic E-state index is 0.658. The lowest BCUT2D eigenvalue weighted by Crippen LogP contribution is -2.31. The third-order valence-corrected chi connectivity index (χ3v) is 6.80. The number of rotatable bonds is 4. The van der Waals surface area contributed by atoms with Gasteiger partial charge in [-0.15, -0.1) is 0 Å². The Bertz CT molecular complexity index is 1250. The van der Waals surface area contributed by atoms with E-state index in [2.05, 4.69) is 46.9 Å². The number of fused-ring (bicyclic) bond motifs is 5. The summed E-state index contributed by atoms with van der Waals surface area (Å²) in [6, 6.07) is 10.4. The molecule has 0 amide bonds. The van der Waals surface area contributed by atoms with Crippen molar-refractivity contribution in [1.82, 2.24) is 15.2 Å². The molecule has 2 aromatic rings. The summed E-state index contributed by atoms with van der Waals surface area (Å²) in [5.41, 5.74) is 9.28. The van der Waals surface area contributed by atoms with Crippen LogP contribution < -0.4 is 15.5 Å². The molecule has 0 fully saturated rings. The highest BCUT2D eigenvalue weighted by atomic mass is 15.4.